The van der Waals surface area contributed by atoms with E-state index in [1.807, 2.05) is 0 Å². The number of amides is 1. The molecule has 1 fully saturated rings. The molecule has 0 spiro atoms. The SMILES string of the molecule is CCC1CCC(C(=O)O)N(C(=O)OC(C)(C)C)C1. The third-order valence-electron chi connectivity index (χ3n) is 3.17. The van der Waals surface area contributed by atoms with E-state index in [0.29, 0.717) is 18.9 Å². The van der Waals surface area contributed by atoms with Gasteiger partial charge in [0.15, 0.2) is 0 Å². The maximum absolute atomic E-state index is 12.0. The molecule has 0 radical (unpaired) electrons. The highest BCUT2D eigenvalue weighted by atomic mass is 16.6. The van der Waals surface area contributed by atoms with Crippen LogP contribution in [0, 0.1) is 5.92 Å². The number of piperidine rings is 1. The molecule has 1 rings (SSSR count). The topological polar surface area (TPSA) is 66.8 Å². The van der Waals surface area contributed by atoms with Gasteiger partial charge in [-0.3, -0.25) is 4.90 Å². The van der Waals surface area contributed by atoms with Crippen molar-refractivity contribution < 1.29 is 19.4 Å². The van der Waals surface area contributed by atoms with Crippen LogP contribution in [0.2, 0.25) is 0 Å². The first kappa shape index (κ1) is 14.8. The normalized spacial score (nSPS) is 24.8. The van der Waals surface area contributed by atoms with Crippen LogP contribution in [0.15, 0.2) is 0 Å². The van der Waals surface area contributed by atoms with Crippen LogP contribution in [0.25, 0.3) is 0 Å². The van der Waals surface area contributed by atoms with E-state index in [4.69, 9.17) is 9.84 Å². The zero-order valence-corrected chi connectivity index (χ0v) is 11.6. The van der Waals surface area contributed by atoms with E-state index in [1.54, 1.807) is 20.8 Å². The number of carbonyl (C=O) groups excluding carboxylic acids is 1. The van der Waals surface area contributed by atoms with Gasteiger partial charge in [-0.2, -0.15) is 0 Å². The standard InChI is InChI=1S/C13H23NO4/c1-5-9-6-7-10(11(15)16)14(8-9)12(17)18-13(2,3)4/h9-10H,5-8H2,1-4H3,(H,15,16). The summed E-state index contributed by atoms with van der Waals surface area (Å²) in [6.07, 6.45) is 1.79. The quantitative estimate of drug-likeness (QED) is 0.825. The van der Waals surface area contributed by atoms with E-state index in [9.17, 15) is 9.59 Å². The maximum Gasteiger partial charge on any atom is 0.411 e. The van der Waals surface area contributed by atoms with Crippen molar-refractivity contribution in [1.82, 2.24) is 4.90 Å². The van der Waals surface area contributed by atoms with Crippen molar-refractivity contribution in [3.05, 3.63) is 0 Å². The number of rotatable bonds is 2. The number of ether oxygens (including phenoxy) is 1. The second-order valence-electron chi connectivity index (χ2n) is 5.84. The molecule has 1 N–H and O–H groups in total. The van der Waals surface area contributed by atoms with Crippen LogP contribution in [0.4, 0.5) is 4.79 Å². The van der Waals surface area contributed by atoms with Crippen molar-refractivity contribution in [2.24, 2.45) is 5.92 Å². The Bertz CT molecular complexity index is 321. The largest absolute Gasteiger partial charge is 0.480 e. The Morgan fingerprint density at radius 1 is 1.33 bits per heavy atom. The number of carbonyl (C=O) groups is 2. The fourth-order valence-electron chi connectivity index (χ4n) is 2.16. The minimum Gasteiger partial charge on any atom is -0.480 e. The van der Waals surface area contributed by atoms with Crippen molar-refractivity contribution in [2.45, 2.75) is 58.6 Å². The molecule has 1 aliphatic heterocycles. The lowest BCUT2D eigenvalue weighted by molar-refractivity contribution is -0.145. The zero-order chi connectivity index (χ0) is 13.9. The minimum atomic E-state index is -0.949. The van der Waals surface area contributed by atoms with Crippen LogP contribution >= 0.6 is 0 Å². The van der Waals surface area contributed by atoms with Crippen molar-refractivity contribution >= 4 is 12.1 Å². The van der Waals surface area contributed by atoms with E-state index in [-0.39, 0.29) is 0 Å². The number of carboxylic acids is 1. The minimum absolute atomic E-state index is 0.369. The molecule has 0 aromatic heterocycles. The van der Waals surface area contributed by atoms with Crippen LogP contribution in [0.3, 0.4) is 0 Å². The fourth-order valence-corrected chi connectivity index (χ4v) is 2.16. The third-order valence-corrected chi connectivity index (χ3v) is 3.17. The summed E-state index contributed by atoms with van der Waals surface area (Å²) in [4.78, 5) is 24.6. The summed E-state index contributed by atoms with van der Waals surface area (Å²) in [6.45, 7) is 7.87. The van der Waals surface area contributed by atoms with Gasteiger partial charge in [0, 0.05) is 6.54 Å². The Labute approximate surface area is 108 Å². The van der Waals surface area contributed by atoms with E-state index < -0.39 is 23.7 Å². The molecule has 0 bridgehead atoms. The van der Waals surface area contributed by atoms with Crippen LogP contribution in [0.5, 0.6) is 0 Å². The van der Waals surface area contributed by atoms with Crippen LogP contribution in [0.1, 0.15) is 47.0 Å². The van der Waals surface area contributed by atoms with Gasteiger partial charge >= 0.3 is 12.1 Å². The van der Waals surface area contributed by atoms with E-state index in [0.717, 1.165) is 12.8 Å². The van der Waals surface area contributed by atoms with E-state index in [1.165, 1.54) is 4.90 Å². The van der Waals surface area contributed by atoms with Crippen LogP contribution < -0.4 is 0 Å². The van der Waals surface area contributed by atoms with E-state index >= 15 is 0 Å². The average molecular weight is 257 g/mol. The smallest absolute Gasteiger partial charge is 0.411 e. The van der Waals surface area contributed by atoms with Gasteiger partial charge < -0.3 is 9.84 Å². The predicted molar refractivity (Wildman–Crippen MR) is 67.4 cm³/mol. The molecule has 1 amide bonds. The third kappa shape index (κ3) is 3.89. The van der Waals surface area contributed by atoms with Gasteiger partial charge in [-0.15, -0.1) is 0 Å². The molecular weight excluding hydrogens is 234 g/mol. The summed E-state index contributed by atoms with van der Waals surface area (Å²) in [5.74, 6) is -0.580. The first-order valence-corrected chi connectivity index (χ1v) is 6.47. The number of aliphatic carboxylic acids is 1. The van der Waals surface area contributed by atoms with Gasteiger partial charge in [0.05, 0.1) is 0 Å². The summed E-state index contributed by atoms with van der Waals surface area (Å²) in [5.41, 5.74) is -0.598. The number of carboxylic acid groups (broad SMARTS) is 1. The molecule has 104 valence electrons. The highest BCUT2D eigenvalue weighted by molar-refractivity contribution is 5.80. The van der Waals surface area contributed by atoms with Crippen molar-refractivity contribution in [3.8, 4) is 0 Å². The van der Waals surface area contributed by atoms with Gasteiger partial charge in [-0.25, -0.2) is 9.59 Å². The molecule has 0 aromatic rings. The molecule has 1 aliphatic rings. The first-order chi connectivity index (χ1) is 8.24. The average Bonchev–Trinajstić information content (AvgIpc) is 2.25. The molecule has 0 aliphatic carbocycles. The Morgan fingerprint density at radius 2 is 1.94 bits per heavy atom. The number of hydrogen-bond acceptors (Lipinski definition) is 3. The molecule has 2 unspecified atom stereocenters. The molecular formula is C13H23NO4. The van der Waals surface area contributed by atoms with E-state index in [2.05, 4.69) is 6.92 Å². The molecule has 0 aromatic carbocycles. The molecule has 0 saturated carbocycles. The van der Waals surface area contributed by atoms with Crippen LogP contribution in [-0.2, 0) is 9.53 Å². The number of likely N-dealkylation sites (tertiary alicyclic amines) is 1. The Kier molecular flexibility index (Phi) is 4.59. The molecule has 5 nitrogen and oxygen atoms in total. The summed E-state index contributed by atoms with van der Waals surface area (Å²) in [6, 6.07) is -0.748. The summed E-state index contributed by atoms with van der Waals surface area (Å²) in [7, 11) is 0. The lowest BCUT2D eigenvalue weighted by atomic mass is 9.91. The number of hydrogen-bond donors (Lipinski definition) is 1. The monoisotopic (exact) mass is 257 g/mol. The number of nitrogens with zero attached hydrogens (tertiary/aromatic N) is 1. The summed E-state index contributed by atoms with van der Waals surface area (Å²) in [5, 5.41) is 9.17. The van der Waals surface area contributed by atoms with Crippen molar-refractivity contribution in [2.75, 3.05) is 6.54 Å². The fraction of sp³-hybridized carbons (Fsp3) is 0.846. The molecule has 2 atom stereocenters. The highest BCUT2D eigenvalue weighted by Gasteiger charge is 2.37. The van der Waals surface area contributed by atoms with Gasteiger partial charge in [-0.1, -0.05) is 13.3 Å². The second-order valence-corrected chi connectivity index (χ2v) is 5.84. The Morgan fingerprint density at radius 3 is 2.39 bits per heavy atom. The Hall–Kier alpha value is -1.26. The summed E-state index contributed by atoms with van der Waals surface area (Å²) < 4.78 is 5.27. The van der Waals surface area contributed by atoms with Gasteiger partial charge in [0.2, 0.25) is 0 Å². The second kappa shape index (κ2) is 5.59. The predicted octanol–water partition coefficient (Wildman–Crippen LogP) is 2.50. The summed E-state index contributed by atoms with van der Waals surface area (Å²) >= 11 is 0. The maximum atomic E-state index is 12.0. The highest BCUT2D eigenvalue weighted by Crippen LogP contribution is 2.26. The van der Waals surface area contributed by atoms with Gasteiger partial charge in [0.25, 0.3) is 0 Å². The first-order valence-electron chi connectivity index (χ1n) is 6.47. The van der Waals surface area contributed by atoms with Gasteiger partial charge in [-0.05, 0) is 39.5 Å². The molecule has 1 saturated heterocycles. The zero-order valence-electron chi connectivity index (χ0n) is 11.6. The van der Waals surface area contributed by atoms with Gasteiger partial charge in [0.1, 0.15) is 11.6 Å². The van der Waals surface area contributed by atoms with Crippen molar-refractivity contribution in [3.63, 3.8) is 0 Å². The Balaban J connectivity index is 2.78. The molecule has 18 heavy (non-hydrogen) atoms. The van der Waals surface area contributed by atoms with Crippen molar-refractivity contribution in [1.29, 1.82) is 0 Å². The molecule has 5 heteroatoms. The molecule has 1 heterocycles. The van der Waals surface area contributed by atoms with Crippen LogP contribution in [-0.4, -0.2) is 40.3 Å². The lowest BCUT2D eigenvalue weighted by Gasteiger charge is -2.37. The lowest BCUT2D eigenvalue weighted by Crippen LogP contribution is -2.52.